The monoisotopic (exact) mass is 418 g/mol. The van der Waals surface area contributed by atoms with Crippen LogP contribution in [0.1, 0.15) is 30.0 Å². The summed E-state index contributed by atoms with van der Waals surface area (Å²) < 4.78 is 57.7. The van der Waals surface area contributed by atoms with Gasteiger partial charge in [0.15, 0.2) is 0 Å². The van der Waals surface area contributed by atoms with Crippen molar-refractivity contribution in [2.75, 3.05) is 0 Å². The molecule has 0 bridgehead atoms. The van der Waals surface area contributed by atoms with Crippen LogP contribution < -0.4 is 0 Å². The maximum Gasteiger partial charge on any atom is 0.416 e. The number of alkyl halides is 3. The number of hydrogen-bond acceptors (Lipinski definition) is 6. The molecule has 30 heavy (non-hydrogen) atoms. The fourth-order valence-electron chi connectivity index (χ4n) is 2.69. The van der Waals surface area contributed by atoms with Gasteiger partial charge in [-0.3, -0.25) is 0 Å². The number of rotatable bonds is 4. The van der Waals surface area contributed by atoms with Gasteiger partial charge in [-0.1, -0.05) is 29.4 Å². The van der Waals surface area contributed by atoms with Crippen LogP contribution in [0.25, 0.3) is 22.8 Å². The molecular weight excluding hydrogens is 404 g/mol. The van der Waals surface area contributed by atoms with Gasteiger partial charge >= 0.3 is 6.18 Å². The maximum absolute atomic E-state index is 13.8. The maximum atomic E-state index is 13.8. The first-order chi connectivity index (χ1) is 14.2. The highest BCUT2D eigenvalue weighted by molar-refractivity contribution is 5.56. The lowest BCUT2D eigenvalue weighted by atomic mass is 10.1. The van der Waals surface area contributed by atoms with Crippen LogP contribution in [-0.4, -0.2) is 30.3 Å². The van der Waals surface area contributed by atoms with E-state index in [0.29, 0.717) is 11.1 Å². The number of hydrogen-bond donors (Lipinski definition) is 0. The van der Waals surface area contributed by atoms with Crippen molar-refractivity contribution in [3.8, 4) is 22.8 Å². The fourth-order valence-corrected chi connectivity index (χ4v) is 2.69. The zero-order valence-corrected chi connectivity index (χ0v) is 15.7. The van der Waals surface area contributed by atoms with E-state index in [4.69, 9.17) is 4.52 Å². The molecule has 1 unspecified atom stereocenters. The van der Waals surface area contributed by atoms with E-state index in [2.05, 4.69) is 25.6 Å². The molecule has 0 spiro atoms. The van der Waals surface area contributed by atoms with Crippen LogP contribution in [0.5, 0.6) is 0 Å². The number of aromatic nitrogens is 6. The third kappa shape index (κ3) is 3.78. The van der Waals surface area contributed by atoms with Gasteiger partial charge in [-0.25, -0.2) is 4.39 Å². The van der Waals surface area contributed by atoms with Crippen molar-refractivity contribution in [2.45, 2.75) is 26.1 Å². The van der Waals surface area contributed by atoms with Crippen molar-refractivity contribution < 1.29 is 22.1 Å². The van der Waals surface area contributed by atoms with E-state index >= 15 is 0 Å². The highest BCUT2D eigenvalue weighted by atomic mass is 19.4. The van der Waals surface area contributed by atoms with E-state index in [1.54, 1.807) is 26.0 Å². The predicted molar refractivity (Wildman–Crippen MR) is 96.5 cm³/mol. The van der Waals surface area contributed by atoms with Gasteiger partial charge in [-0.15, -0.1) is 10.2 Å². The van der Waals surface area contributed by atoms with Gasteiger partial charge < -0.3 is 4.52 Å². The van der Waals surface area contributed by atoms with E-state index in [1.165, 1.54) is 18.2 Å². The van der Waals surface area contributed by atoms with Crippen LogP contribution in [0.15, 0.2) is 47.0 Å². The van der Waals surface area contributed by atoms with E-state index in [1.807, 2.05) is 0 Å². The lowest BCUT2D eigenvalue weighted by Gasteiger charge is -2.06. The average molecular weight is 418 g/mol. The Kier molecular flexibility index (Phi) is 4.80. The van der Waals surface area contributed by atoms with E-state index in [0.717, 1.165) is 16.9 Å². The van der Waals surface area contributed by atoms with Crippen LogP contribution in [0, 0.1) is 12.7 Å². The van der Waals surface area contributed by atoms with Crippen LogP contribution in [-0.2, 0) is 6.18 Å². The smallest absolute Gasteiger partial charge is 0.337 e. The third-order valence-corrected chi connectivity index (χ3v) is 4.45. The molecule has 4 aromatic rings. The first kappa shape index (κ1) is 19.7. The number of aryl methyl sites for hydroxylation is 1. The number of tetrazole rings is 1. The van der Waals surface area contributed by atoms with Crippen LogP contribution >= 0.6 is 0 Å². The Hall–Kier alpha value is -3.63. The molecule has 0 aliphatic carbocycles. The standard InChI is InChI=1S/C19H14F4N6O/c1-10-6-7-13(9-15(10)20)16-24-18(30-27-16)11(2)29-26-17(25-28-29)12-4-3-5-14(8-12)19(21,22)23/h3-9,11H,1-2H3. The fraction of sp³-hybridized carbons (Fsp3) is 0.211. The molecule has 11 heteroatoms. The number of halogens is 4. The summed E-state index contributed by atoms with van der Waals surface area (Å²) in [5.74, 6) is -0.0446. The molecule has 0 N–H and O–H groups in total. The molecule has 1 atom stereocenters. The molecule has 0 aliphatic heterocycles. The number of nitrogens with zero attached hydrogens (tertiary/aromatic N) is 6. The Labute approximate surface area is 167 Å². The zero-order valence-electron chi connectivity index (χ0n) is 15.7. The van der Waals surface area contributed by atoms with Crippen molar-refractivity contribution >= 4 is 0 Å². The van der Waals surface area contributed by atoms with E-state index < -0.39 is 23.6 Å². The zero-order chi connectivity index (χ0) is 21.5. The van der Waals surface area contributed by atoms with Gasteiger partial charge in [0.25, 0.3) is 5.89 Å². The van der Waals surface area contributed by atoms with Gasteiger partial charge in [-0.2, -0.15) is 23.0 Å². The Morgan fingerprint density at radius 1 is 1.03 bits per heavy atom. The van der Waals surface area contributed by atoms with E-state index in [9.17, 15) is 17.6 Å². The Morgan fingerprint density at radius 2 is 1.80 bits per heavy atom. The molecular formula is C19H14F4N6O. The lowest BCUT2D eigenvalue weighted by Crippen LogP contribution is -2.11. The average Bonchev–Trinajstić information content (AvgIpc) is 3.39. The summed E-state index contributed by atoms with van der Waals surface area (Å²) in [5.41, 5.74) is 0.294. The highest BCUT2D eigenvalue weighted by Gasteiger charge is 2.31. The molecule has 2 heterocycles. The normalized spacial score (nSPS) is 12.9. The molecule has 0 amide bonds. The Morgan fingerprint density at radius 3 is 2.53 bits per heavy atom. The van der Waals surface area contributed by atoms with Crippen molar-refractivity contribution in [3.05, 3.63) is 65.3 Å². The minimum atomic E-state index is -4.48. The molecule has 0 saturated carbocycles. The van der Waals surface area contributed by atoms with Crippen molar-refractivity contribution in [1.29, 1.82) is 0 Å². The molecule has 0 radical (unpaired) electrons. The lowest BCUT2D eigenvalue weighted by molar-refractivity contribution is -0.137. The quantitative estimate of drug-likeness (QED) is 0.455. The molecule has 4 rings (SSSR count). The minimum Gasteiger partial charge on any atom is -0.337 e. The third-order valence-electron chi connectivity index (χ3n) is 4.45. The Balaban J connectivity index is 1.59. The second-order valence-electron chi connectivity index (χ2n) is 6.61. The second-order valence-corrected chi connectivity index (χ2v) is 6.61. The number of benzene rings is 2. The topological polar surface area (TPSA) is 82.5 Å². The van der Waals surface area contributed by atoms with Crippen molar-refractivity contribution in [2.24, 2.45) is 0 Å². The summed E-state index contributed by atoms with van der Waals surface area (Å²) in [7, 11) is 0. The van der Waals surface area contributed by atoms with Gasteiger partial charge in [0, 0.05) is 11.1 Å². The van der Waals surface area contributed by atoms with Crippen molar-refractivity contribution in [1.82, 2.24) is 30.3 Å². The van der Waals surface area contributed by atoms with Crippen LogP contribution in [0.2, 0.25) is 0 Å². The van der Waals surface area contributed by atoms with Crippen LogP contribution in [0.4, 0.5) is 17.6 Å². The Bertz CT molecular complexity index is 1200. The molecule has 0 fully saturated rings. The van der Waals surface area contributed by atoms with E-state index in [-0.39, 0.29) is 23.1 Å². The summed E-state index contributed by atoms with van der Waals surface area (Å²) in [5, 5.41) is 15.7. The SMILES string of the molecule is Cc1ccc(-c2noc(C(C)n3nnc(-c4cccc(C(F)(F)F)c4)n3)n2)cc1F. The molecule has 2 aromatic heterocycles. The summed E-state index contributed by atoms with van der Waals surface area (Å²) in [4.78, 5) is 5.39. The van der Waals surface area contributed by atoms with Gasteiger partial charge in [0.05, 0.1) is 5.56 Å². The van der Waals surface area contributed by atoms with Gasteiger partial charge in [0.1, 0.15) is 11.9 Å². The first-order valence-corrected chi connectivity index (χ1v) is 8.79. The minimum absolute atomic E-state index is 0.0216. The second kappa shape index (κ2) is 7.32. The molecule has 7 nitrogen and oxygen atoms in total. The van der Waals surface area contributed by atoms with Gasteiger partial charge in [0.2, 0.25) is 11.6 Å². The summed E-state index contributed by atoms with van der Waals surface area (Å²) in [6.45, 7) is 3.30. The first-order valence-electron chi connectivity index (χ1n) is 8.79. The molecule has 154 valence electrons. The summed E-state index contributed by atoms with van der Waals surface area (Å²) >= 11 is 0. The summed E-state index contributed by atoms with van der Waals surface area (Å²) in [6, 6.07) is 8.56. The largest absolute Gasteiger partial charge is 0.416 e. The molecule has 0 saturated heterocycles. The van der Waals surface area contributed by atoms with Crippen molar-refractivity contribution in [3.63, 3.8) is 0 Å². The highest BCUT2D eigenvalue weighted by Crippen LogP contribution is 2.31. The molecule has 2 aromatic carbocycles. The van der Waals surface area contributed by atoms with Crippen LogP contribution in [0.3, 0.4) is 0 Å². The molecule has 0 aliphatic rings. The van der Waals surface area contributed by atoms with Gasteiger partial charge in [-0.05, 0) is 42.8 Å². The predicted octanol–water partition coefficient (Wildman–Crippen LogP) is 4.47. The summed E-state index contributed by atoms with van der Waals surface area (Å²) in [6.07, 6.45) is -4.48.